The SMILES string of the molecule is C=NC/C(=C/F)COc1ccc(S(=O)(=O)N2CCC2)cn1. The van der Waals surface area contributed by atoms with Crippen LogP contribution in [0.25, 0.3) is 0 Å². The second-order valence-corrected chi connectivity index (χ2v) is 6.47. The van der Waals surface area contributed by atoms with Crippen molar-refractivity contribution in [2.45, 2.75) is 11.3 Å². The molecule has 1 aromatic rings. The standard InChI is InChI=1S/C13H16FN3O3S/c1-15-8-11(7-14)10-20-13-4-3-12(9-16-13)21(18,19)17-5-2-6-17/h3-4,7,9H,1-2,5-6,8,10H2/b11-7-. The van der Waals surface area contributed by atoms with Gasteiger partial charge in [0, 0.05) is 24.7 Å². The van der Waals surface area contributed by atoms with Gasteiger partial charge >= 0.3 is 0 Å². The van der Waals surface area contributed by atoms with E-state index in [4.69, 9.17) is 4.74 Å². The van der Waals surface area contributed by atoms with E-state index in [0.717, 1.165) is 6.42 Å². The maximum Gasteiger partial charge on any atom is 0.244 e. The Kier molecular flexibility index (Phi) is 5.03. The number of ether oxygens (including phenoxy) is 1. The topological polar surface area (TPSA) is 71.9 Å². The van der Waals surface area contributed by atoms with Gasteiger partial charge in [-0.05, 0) is 19.2 Å². The average molecular weight is 313 g/mol. The van der Waals surface area contributed by atoms with Gasteiger partial charge in [-0.25, -0.2) is 17.8 Å². The molecule has 6 nitrogen and oxygen atoms in total. The maximum absolute atomic E-state index is 12.5. The molecule has 2 heterocycles. The van der Waals surface area contributed by atoms with E-state index in [9.17, 15) is 12.8 Å². The molecular formula is C13H16FN3O3S. The highest BCUT2D eigenvalue weighted by molar-refractivity contribution is 7.89. The zero-order chi connectivity index (χ0) is 15.3. The lowest BCUT2D eigenvalue weighted by Gasteiger charge is -2.29. The van der Waals surface area contributed by atoms with Crippen molar-refractivity contribution < 1.29 is 17.5 Å². The van der Waals surface area contributed by atoms with E-state index in [-0.39, 0.29) is 23.9 Å². The lowest BCUT2D eigenvalue weighted by molar-refractivity contribution is 0.309. The zero-order valence-electron chi connectivity index (χ0n) is 11.4. The largest absolute Gasteiger partial charge is 0.473 e. The fraction of sp³-hybridized carbons (Fsp3) is 0.385. The molecule has 0 atom stereocenters. The van der Waals surface area contributed by atoms with Gasteiger partial charge in [0.2, 0.25) is 15.9 Å². The Labute approximate surface area is 123 Å². The lowest BCUT2D eigenvalue weighted by Crippen LogP contribution is -2.41. The van der Waals surface area contributed by atoms with Gasteiger partial charge in [0.15, 0.2) is 0 Å². The quantitative estimate of drug-likeness (QED) is 0.714. The Bertz CT molecular complexity index is 625. The van der Waals surface area contributed by atoms with Crippen molar-refractivity contribution >= 4 is 16.7 Å². The van der Waals surface area contributed by atoms with Crippen molar-refractivity contribution in [3.63, 3.8) is 0 Å². The number of nitrogens with zero attached hydrogens (tertiary/aromatic N) is 3. The molecule has 1 saturated heterocycles. The summed E-state index contributed by atoms with van der Waals surface area (Å²) in [5.74, 6) is 0.223. The predicted molar refractivity (Wildman–Crippen MR) is 76.7 cm³/mol. The van der Waals surface area contributed by atoms with Crippen molar-refractivity contribution in [2.24, 2.45) is 4.99 Å². The van der Waals surface area contributed by atoms with E-state index in [0.29, 0.717) is 25.0 Å². The van der Waals surface area contributed by atoms with Crippen molar-refractivity contribution in [1.82, 2.24) is 9.29 Å². The molecule has 0 amide bonds. The van der Waals surface area contributed by atoms with Crippen molar-refractivity contribution in [1.29, 1.82) is 0 Å². The van der Waals surface area contributed by atoms with E-state index in [2.05, 4.69) is 16.7 Å². The molecular weight excluding hydrogens is 297 g/mol. The fourth-order valence-electron chi connectivity index (χ4n) is 1.70. The number of rotatable bonds is 7. The van der Waals surface area contributed by atoms with Crippen molar-refractivity contribution in [2.75, 3.05) is 26.2 Å². The summed E-state index contributed by atoms with van der Waals surface area (Å²) in [5.41, 5.74) is 0.323. The first-order chi connectivity index (χ1) is 10.1. The molecule has 0 bridgehead atoms. The monoisotopic (exact) mass is 313 g/mol. The third-order valence-electron chi connectivity index (χ3n) is 3.04. The van der Waals surface area contributed by atoms with E-state index >= 15 is 0 Å². The van der Waals surface area contributed by atoms with Gasteiger partial charge in [0.25, 0.3) is 0 Å². The Morgan fingerprint density at radius 2 is 2.29 bits per heavy atom. The van der Waals surface area contributed by atoms with Crippen LogP contribution < -0.4 is 4.74 Å². The highest BCUT2D eigenvalue weighted by atomic mass is 32.2. The molecule has 1 aliphatic rings. The number of aliphatic imine (C=N–C) groups is 1. The van der Waals surface area contributed by atoms with Gasteiger partial charge in [0.05, 0.1) is 19.1 Å². The molecule has 8 heteroatoms. The average Bonchev–Trinajstić information content (AvgIpc) is 2.41. The Hall–Kier alpha value is -1.80. The molecule has 0 saturated carbocycles. The Morgan fingerprint density at radius 1 is 1.52 bits per heavy atom. The number of sulfonamides is 1. The highest BCUT2D eigenvalue weighted by Gasteiger charge is 2.29. The van der Waals surface area contributed by atoms with Gasteiger partial charge in [-0.1, -0.05) is 0 Å². The van der Waals surface area contributed by atoms with E-state index in [1.54, 1.807) is 0 Å². The van der Waals surface area contributed by atoms with Crippen LogP contribution in [0.2, 0.25) is 0 Å². The molecule has 0 aliphatic carbocycles. The Morgan fingerprint density at radius 3 is 2.76 bits per heavy atom. The number of aromatic nitrogens is 1. The van der Waals surface area contributed by atoms with Gasteiger partial charge in [0.1, 0.15) is 11.5 Å². The molecule has 1 fully saturated rings. The summed E-state index contributed by atoms with van der Waals surface area (Å²) < 4.78 is 43.3. The molecule has 0 N–H and O–H groups in total. The van der Waals surface area contributed by atoms with Crippen LogP contribution in [0.4, 0.5) is 4.39 Å². The van der Waals surface area contributed by atoms with Crippen LogP contribution in [0.5, 0.6) is 5.88 Å². The summed E-state index contributed by atoms with van der Waals surface area (Å²) in [4.78, 5) is 7.61. The summed E-state index contributed by atoms with van der Waals surface area (Å²) in [6.45, 7) is 4.48. The summed E-state index contributed by atoms with van der Waals surface area (Å²) in [5, 5.41) is 0. The normalized spacial score (nSPS) is 16.3. The summed E-state index contributed by atoms with van der Waals surface area (Å²) in [6, 6.07) is 2.88. The van der Waals surface area contributed by atoms with Gasteiger partial charge in [-0.3, -0.25) is 4.99 Å². The van der Waals surface area contributed by atoms with E-state index in [1.165, 1.54) is 22.6 Å². The third-order valence-corrected chi connectivity index (χ3v) is 4.92. The summed E-state index contributed by atoms with van der Waals surface area (Å²) in [7, 11) is -3.44. The van der Waals surface area contributed by atoms with Crippen LogP contribution in [-0.4, -0.2) is 50.7 Å². The van der Waals surface area contributed by atoms with Crippen molar-refractivity contribution in [3.05, 3.63) is 30.2 Å². The summed E-state index contributed by atoms with van der Waals surface area (Å²) >= 11 is 0. The molecule has 21 heavy (non-hydrogen) atoms. The fourth-order valence-corrected chi connectivity index (χ4v) is 3.17. The van der Waals surface area contributed by atoms with Gasteiger partial charge in [-0.2, -0.15) is 4.31 Å². The number of halogens is 1. The van der Waals surface area contributed by atoms with Crippen LogP contribution in [0.15, 0.2) is 40.1 Å². The Balaban J connectivity index is 2.00. The molecule has 0 radical (unpaired) electrons. The molecule has 1 aliphatic heterocycles. The van der Waals surface area contributed by atoms with Gasteiger partial charge in [-0.15, -0.1) is 0 Å². The highest BCUT2D eigenvalue weighted by Crippen LogP contribution is 2.21. The number of hydrogen-bond donors (Lipinski definition) is 0. The number of pyridine rings is 1. The van der Waals surface area contributed by atoms with Gasteiger partial charge < -0.3 is 4.74 Å². The second-order valence-electron chi connectivity index (χ2n) is 4.53. The van der Waals surface area contributed by atoms with E-state index in [1.807, 2.05) is 0 Å². The van der Waals surface area contributed by atoms with Crippen LogP contribution in [0, 0.1) is 0 Å². The minimum absolute atomic E-state index is 0.0132. The van der Waals surface area contributed by atoms with E-state index < -0.39 is 10.0 Å². The van der Waals surface area contributed by atoms with Crippen LogP contribution in [0.3, 0.4) is 0 Å². The first-order valence-electron chi connectivity index (χ1n) is 6.37. The molecule has 0 spiro atoms. The maximum atomic E-state index is 12.5. The molecule has 2 rings (SSSR count). The lowest BCUT2D eigenvalue weighted by atomic mass is 10.3. The smallest absolute Gasteiger partial charge is 0.244 e. The third kappa shape index (κ3) is 3.64. The van der Waals surface area contributed by atoms with Crippen LogP contribution in [-0.2, 0) is 10.0 Å². The molecule has 0 unspecified atom stereocenters. The first-order valence-corrected chi connectivity index (χ1v) is 7.81. The summed E-state index contributed by atoms with van der Waals surface area (Å²) in [6.07, 6.45) is 2.54. The predicted octanol–water partition coefficient (Wildman–Crippen LogP) is 1.41. The zero-order valence-corrected chi connectivity index (χ0v) is 12.2. The first kappa shape index (κ1) is 15.6. The second kappa shape index (κ2) is 6.77. The minimum atomic E-state index is -3.44. The molecule has 114 valence electrons. The minimum Gasteiger partial charge on any atom is -0.473 e. The van der Waals surface area contributed by atoms with Crippen molar-refractivity contribution in [3.8, 4) is 5.88 Å². The van der Waals surface area contributed by atoms with Crippen LogP contribution >= 0.6 is 0 Å². The molecule has 0 aromatic carbocycles. The number of hydrogen-bond acceptors (Lipinski definition) is 5. The van der Waals surface area contributed by atoms with Crippen LogP contribution in [0.1, 0.15) is 6.42 Å². The molecule has 1 aromatic heterocycles.